The van der Waals surface area contributed by atoms with Crippen molar-refractivity contribution in [2.45, 2.75) is 31.4 Å². The van der Waals surface area contributed by atoms with Crippen LogP contribution >= 0.6 is 11.8 Å². The van der Waals surface area contributed by atoms with Gasteiger partial charge < -0.3 is 10.2 Å². The summed E-state index contributed by atoms with van der Waals surface area (Å²) in [6.07, 6.45) is 5.06. The van der Waals surface area contributed by atoms with Gasteiger partial charge >= 0.3 is 0 Å². The Kier molecular flexibility index (Phi) is 6.96. The SMILES string of the molecule is CS[C@@H](C)C(=O)NCC(=O)N1CCC(Cc2ccccc2)CC1. The van der Waals surface area contributed by atoms with Gasteiger partial charge in [0.15, 0.2) is 0 Å². The van der Waals surface area contributed by atoms with Gasteiger partial charge in [0.1, 0.15) is 0 Å². The molecule has 1 atom stereocenters. The maximum absolute atomic E-state index is 12.2. The third-order valence-electron chi connectivity index (χ3n) is 4.47. The second-order valence-corrected chi connectivity index (χ2v) is 7.29. The van der Waals surface area contributed by atoms with E-state index in [0.29, 0.717) is 5.92 Å². The summed E-state index contributed by atoms with van der Waals surface area (Å²) in [4.78, 5) is 25.8. The summed E-state index contributed by atoms with van der Waals surface area (Å²) >= 11 is 1.48. The Balaban J connectivity index is 1.71. The second kappa shape index (κ2) is 8.96. The summed E-state index contributed by atoms with van der Waals surface area (Å²) in [5, 5.41) is 2.62. The molecule has 0 unspecified atom stereocenters. The molecule has 1 aliphatic rings. The van der Waals surface area contributed by atoms with Crippen molar-refractivity contribution < 1.29 is 9.59 Å². The van der Waals surface area contributed by atoms with Crippen molar-refractivity contribution in [3.63, 3.8) is 0 Å². The van der Waals surface area contributed by atoms with Crippen molar-refractivity contribution in [1.29, 1.82) is 0 Å². The molecule has 126 valence electrons. The van der Waals surface area contributed by atoms with Gasteiger partial charge in [0.25, 0.3) is 0 Å². The number of nitrogens with zero attached hydrogens (tertiary/aromatic N) is 1. The lowest BCUT2D eigenvalue weighted by Crippen LogP contribution is -2.45. The fraction of sp³-hybridized carbons (Fsp3) is 0.556. The zero-order valence-electron chi connectivity index (χ0n) is 14.0. The molecular weight excluding hydrogens is 308 g/mol. The maximum atomic E-state index is 12.2. The van der Waals surface area contributed by atoms with Gasteiger partial charge in [0.2, 0.25) is 11.8 Å². The zero-order chi connectivity index (χ0) is 16.7. The quantitative estimate of drug-likeness (QED) is 0.869. The Morgan fingerprint density at radius 1 is 1.26 bits per heavy atom. The number of piperidine rings is 1. The highest BCUT2D eigenvalue weighted by molar-refractivity contribution is 7.99. The Bertz CT molecular complexity index is 513. The first kappa shape index (κ1) is 17.9. The summed E-state index contributed by atoms with van der Waals surface area (Å²) in [6.45, 7) is 3.56. The Labute approximate surface area is 143 Å². The van der Waals surface area contributed by atoms with E-state index in [4.69, 9.17) is 0 Å². The molecule has 1 N–H and O–H groups in total. The minimum absolute atomic E-state index is 0.0322. The van der Waals surface area contributed by atoms with E-state index in [1.54, 1.807) is 0 Å². The van der Waals surface area contributed by atoms with Gasteiger partial charge in [0.05, 0.1) is 11.8 Å². The molecular formula is C18H26N2O2S. The number of benzene rings is 1. The molecule has 1 saturated heterocycles. The monoisotopic (exact) mass is 334 g/mol. The minimum Gasteiger partial charge on any atom is -0.346 e. The molecule has 23 heavy (non-hydrogen) atoms. The van der Waals surface area contributed by atoms with E-state index in [1.807, 2.05) is 24.1 Å². The standard InChI is InChI=1S/C18H26N2O2S/c1-14(23-2)18(22)19-13-17(21)20-10-8-16(9-11-20)12-15-6-4-3-5-7-15/h3-7,14,16H,8-13H2,1-2H3,(H,19,22)/t14-/m0/s1. The lowest BCUT2D eigenvalue weighted by Gasteiger charge is -2.32. The number of nitrogens with one attached hydrogen (secondary N) is 1. The molecule has 0 aliphatic carbocycles. The third-order valence-corrected chi connectivity index (χ3v) is 5.39. The lowest BCUT2D eigenvalue weighted by atomic mass is 9.90. The van der Waals surface area contributed by atoms with E-state index in [-0.39, 0.29) is 23.6 Å². The number of likely N-dealkylation sites (tertiary alicyclic amines) is 1. The van der Waals surface area contributed by atoms with E-state index >= 15 is 0 Å². The van der Waals surface area contributed by atoms with E-state index < -0.39 is 0 Å². The van der Waals surface area contributed by atoms with Gasteiger partial charge in [-0.05, 0) is 43.9 Å². The number of hydrogen-bond acceptors (Lipinski definition) is 3. The van der Waals surface area contributed by atoms with Crippen LogP contribution < -0.4 is 5.32 Å². The summed E-state index contributed by atoms with van der Waals surface area (Å²) in [6, 6.07) is 10.5. The first-order valence-electron chi connectivity index (χ1n) is 8.22. The van der Waals surface area contributed by atoms with Crippen LogP contribution in [0, 0.1) is 5.92 Å². The van der Waals surface area contributed by atoms with Gasteiger partial charge in [0, 0.05) is 13.1 Å². The summed E-state index contributed by atoms with van der Waals surface area (Å²) in [5.41, 5.74) is 1.37. The number of hydrogen-bond donors (Lipinski definition) is 1. The Morgan fingerprint density at radius 2 is 1.91 bits per heavy atom. The topological polar surface area (TPSA) is 49.4 Å². The van der Waals surface area contributed by atoms with E-state index in [1.165, 1.54) is 17.3 Å². The van der Waals surface area contributed by atoms with Gasteiger partial charge in [-0.1, -0.05) is 30.3 Å². The fourth-order valence-electron chi connectivity index (χ4n) is 2.86. The Morgan fingerprint density at radius 3 is 2.52 bits per heavy atom. The van der Waals surface area contributed by atoms with E-state index in [2.05, 4.69) is 29.6 Å². The number of carbonyl (C=O) groups excluding carboxylic acids is 2. The molecule has 0 spiro atoms. The van der Waals surface area contributed by atoms with Gasteiger partial charge in [-0.25, -0.2) is 0 Å². The molecule has 0 saturated carbocycles. The highest BCUT2D eigenvalue weighted by Crippen LogP contribution is 2.21. The molecule has 0 aromatic heterocycles. The Hall–Kier alpha value is -1.49. The molecule has 1 heterocycles. The largest absolute Gasteiger partial charge is 0.346 e. The lowest BCUT2D eigenvalue weighted by molar-refractivity contribution is -0.133. The first-order chi connectivity index (χ1) is 11.1. The molecule has 2 rings (SSSR count). The molecule has 5 heteroatoms. The predicted molar refractivity (Wildman–Crippen MR) is 95.4 cm³/mol. The first-order valence-corrected chi connectivity index (χ1v) is 9.51. The van der Waals surface area contributed by atoms with Crippen molar-refractivity contribution in [1.82, 2.24) is 10.2 Å². The maximum Gasteiger partial charge on any atom is 0.241 e. The van der Waals surface area contributed by atoms with Gasteiger partial charge in [-0.15, -0.1) is 0 Å². The van der Waals surface area contributed by atoms with Crippen LogP contribution in [0.25, 0.3) is 0 Å². The average molecular weight is 334 g/mol. The zero-order valence-corrected chi connectivity index (χ0v) is 14.8. The second-order valence-electron chi connectivity index (χ2n) is 6.11. The molecule has 0 radical (unpaired) electrons. The summed E-state index contributed by atoms with van der Waals surface area (Å²) in [7, 11) is 0. The minimum atomic E-state index is -0.112. The van der Waals surface area contributed by atoms with Crippen molar-refractivity contribution >= 4 is 23.6 Å². The molecule has 1 fully saturated rings. The van der Waals surface area contributed by atoms with Crippen LogP contribution in [0.1, 0.15) is 25.3 Å². The highest BCUT2D eigenvalue weighted by atomic mass is 32.2. The van der Waals surface area contributed by atoms with Gasteiger partial charge in [-0.3, -0.25) is 9.59 Å². The van der Waals surface area contributed by atoms with Crippen LogP contribution in [0.15, 0.2) is 30.3 Å². The van der Waals surface area contributed by atoms with Crippen molar-refractivity contribution in [2.75, 3.05) is 25.9 Å². The average Bonchev–Trinajstić information content (AvgIpc) is 2.60. The summed E-state index contributed by atoms with van der Waals surface area (Å²) < 4.78 is 0. The molecule has 1 aromatic carbocycles. The van der Waals surface area contributed by atoms with Crippen molar-refractivity contribution in [3.05, 3.63) is 35.9 Å². The smallest absolute Gasteiger partial charge is 0.241 e. The molecule has 0 bridgehead atoms. The predicted octanol–water partition coefficient (Wildman–Crippen LogP) is 2.34. The number of carbonyl (C=O) groups is 2. The molecule has 1 aliphatic heterocycles. The van der Waals surface area contributed by atoms with Crippen LogP contribution in [0.4, 0.5) is 0 Å². The normalized spacial score (nSPS) is 16.9. The summed E-state index contributed by atoms with van der Waals surface area (Å²) in [5.74, 6) is 0.613. The van der Waals surface area contributed by atoms with E-state index in [0.717, 1.165) is 32.4 Å². The van der Waals surface area contributed by atoms with Crippen LogP contribution in [-0.2, 0) is 16.0 Å². The number of thioether (sulfide) groups is 1. The molecule has 1 aromatic rings. The van der Waals surface area contributed by atoms with Crippen LogP contribution in [0.5, 0.6) is 0 Å². The van der Waals surface area contributed by atoms with Crippen molar-refractivity contribution in [3.8, 4) is 0 Å². The number of rotatable bonds is 6. The van der Waals surface area contributed by atoms with Crippen LogP contribution in [-0.4, -0.2) is 47.9 Å². The highest BCUT2D eigenvalue weighted by Gasteiger charge is 2.23. The van der Waals surface area contributed by atoms with Crippen molar-refractivity contribution in [2.24, 2.45) is 5.92 Å². The molecule has 4 nitrogen and oxygen atoms in total. The molecule has 2 amide bonds. The van der Waals surface area contributed by atoms with Gasteiger partial charge in [-0.2, -0.15) is 11.8 Å². The van der Waals surface area contributed by atoms with Crippen LogP contribution in [0.2, 0.25) is 0 Å². The number of amides is 2. The third kappa shape index (κ3) is 5.57. The van der Waals surface area contributed by atoms with E-state index in [9.17, 15) is 9.59 Å². The fourth-order valence-corrected chi connectivity index (χ4v) is 3.16. The van der Waals surface area contributed by atoms with Crippen LogP contribution in [0.3, 0.4) is 0 Å².